The molecule has 21 heavy (non-hydrogen) atoms. The SMILES string of the molecule is Cc1ccc(C(C)NCCCOCC2CCCO2)cc1C. The van der Waals surface area contributed by atoms with Crippen LogP contribution in [-0.2, 0) is 9.47 Å². The molecule has 2 atom stereocenters. The number of rotatable bonds is 8. The first kappa shape index (κ1) is 16.5. The fraction of sp³-hybridized carbons (Fsp3) is 0.667. The van der Waals surface area contributed by atoms with E-state index in [1.807, 2.05) is 0 Å². The molecule has 0 saturated carbocycles. The molecule has 2 unspecified atom stereocenters. The van der Waals surface area contributed by atoms with E-state index < -0.39 is 0 Å². The molecule has 0 bridgehead atoms. The van der Waals surface area contributed by atoms with Crippen molar-refractivity contribution in [1.82, 2.24) is 5.32 Å². The maximum atomic E-state index is 5.67. The van der Waals surface area contributed by atoms with Gasteiger partial charge in [0.05, 0.1) is 12.7 Å². The summed E-state index contributed by atoms with van der Waals surface area (Å²) in [6.07, 6.45) is 3.72. The lowest BCUT2D eigenvalue weighted by atomic mass is 10.0. The highest BCUT2D eigenvalue weighted by Gasteiger charge is 2.14. The van der Waals surface area contributed by atoms with Crippen LogP contribution in [0.25, 0.3) is 0 Å². The Morgan fingerprint density at radius 1 is 1.33 bits per heavy atom. The van der Waals surface area contributed by atoms with Crippen LogP contribution in [0.15, 0.2) is 18.2 Å². The number of hydrogen-bond acceptors (Lipinski definition) is 3. The third-order valence-electron chi connectivity index (χ3n) is 4.27. The molecule has 1 aromatic carbocycles. The highest BCUT2D eigenvalue weighted by Crippen LogP contribution is 2.16. The van der Waals surface area contributed by atoms with Gasteiger partial charge in [-0.3, -0.25) is 0 Å². The van der Waals surface area contributed by atoms with Crippen LogP contribution >= 0.6 is 0 Å². The zero-order valence-corrected chi connectivity index (χ0v) is 13.7. The van der Waals surface area contributed by atoms with Crippen molar-refractivity contribution in [2.45, 2.75) is 52.2 Å². The van der Waals surface area contributed by atoms with Crippen LogP contribution in [0, 0.1) is 13.8 Å². The smallest absolute Gasteiger partial charge is 0.0809 e. The first-order chi connectivity index (χ1) is 10.2. The quantitative estimate of drug-likeness (QED) is 0.743. The van der Waals surface area contributed by atoms with Crippen molar-refractivity contribution in [2.24, 2.45) is 0 Å². The average molecular weight is 291 g/mol. The van der Waals surface area contributed by atoms with Crippen molar-refractivity contribution >= 4 is 0 Å². The number of hydrogen-bond donors (Lipinski definition) is 1. The molecule has 0 spiro atoms. The van der Waals surface area contributed by atoms with Gasteiger partial charge in [0.15, 0.2) is 0 Å². The van der Waals surface area contributed by atoms with Crippen molar-refractivity contribution in [3.8, 4) is 0 Å². The van der Waals surface area contributed by atoms with Gasteiger partial charge in [-0.15, -0.1) is 0 Å². The summed E-state index contributed by atoms with van der Waals surface area (Å²) in [6.45, 7) is 10.0. The number of aryl methyl sites for hydroxylation is 2. The first-order valence-corrected chi connectivity index (χ1v) is 8.16. The number of benzene rings is 1. The minimum absolute atomic E-state index is 0.340. The van der Waals surface area contributed by atoms with Gasteiger partial charge in [-0.25, -0.2) is 0 Å². The molecule has 0 aliphatic carbocycles. The lowest BCUT2D eigenvalue weighted by molar-refractivity contribution is 0.0165. The first-order valence-electron chi connectivity index (χ1n) is 8.16. The standard InChI is InChI=1S/C18H29NO2/c1-14-7-8-17(12-15(14)2)16(3)19-9-5-10-20-13-18-6-4-11-21-18/h7-8,12,16,18-19H,4-6,9-11,13H2,1-3H3. The van der Waals surface area contributed by atoms with Gasteiger partial charge in [0.2, 0.25) is 0 Å². The topological polar surface area (TPSA) is 30.5 Å². The Bertz CT molecular complexity index is 427. The Kier molecular flexibility index (Phi) is 6.68. The van der Waals surface area contributed by atoms with Crippen molar-refractivity contribution < 1.29 is 9.47 Å². The van der Waals surface area contributed by atoms with E-state index in [2.05, 4.69) is 44.3 Å². The molecule has 0 aromatic heterocycles. The molecule has 0 amide bonds. The molecular weight excluding hydrogens is 262 g/mol. The Morgan fingerprint density at radius 2 is 2.19 bits per heavy atom. The van der Waals surface area contributed by atoms with Crippen molar-refractivity contribution in [3.05, 3.63) is 34.9 Å². The van der Waals surface area contributed by atoms with Gasteiger partial charge in [-0.05, 0) is 63.3 Å². The zero-order valence-electron chi connectivity index (χ0n) is 13.7. The van der Waals surface area contributed by atoms with Gasteiger partial charge in [-0.2, -0.15) is 0 Å². The third-order valence-corrected chi connectivity index (χ3v) is 4.27. The van der Waals surface area contributed by atoms with E-state index in [9.17, 15) is 0 Å². The Hall–Kier alpha value is -0.900. The second kappa shape index (κ2) is 8.52. The summed E-state index contributed by atoms with van der Waals surface area (Å²) >= 11 is 0. The minimum atomic E-state index is 0.340. The molecule has 118 valence electrons. The second-order valence-electron chi connectivity index (χ2n) is 6.08. The van der Waals surface area contributed by atoms with Crippen LogP contribution in [0.3, 0.4) is 0 Å². The summed E-state index contributed by atoms with van der Waals surface area (Å²) in [5, 5.41) is 3.56. The summed E-state index contributed by atoms with van der Waals surface area (Å²) in [6, 6.07) is 7.09. The Labute approximate surface area is 129 Å². The lowest BCUT2D eigenvalue weighted by Gasteiger charge is -2.16. The van der Waals surface area contributed by atoms with Crippen LogP contribution in [0.5, 0.6) is 0 Å². The average Bonchev–Trinajstić information content (AvgIpc) is 2.98. The highest BCUT2D eigenvalue weighted by molar-refractivity contribution is 5.31. The summed E-state index contributed by atoms with van der Waals surface area (Å²) in [4.78, 5) is 0. The fourth-order valence-electron chi connectivity index (χ4n) is 2.64. The van der Waals surface area contributed by atoms with Crippen LogP contribution in [0.1, 0.15) is 48.9 Å². The molecule has 1 heterocycles. The fourth-order valence-corrected chi connectivity index (χ4v) is 2.64. The van der Waals surface area contributed by atoms with E-state index in [0.29, 0.717) is 12.1 Å². The van der Waals surface area contributed by atoms with Crippen molar-refractivity contribution in [3.63, 3.8) is 0 Å². The van der Waals surface area contributed by atoms with Crippen LogP contribution in [0.2, 0.25) is 0 Å². The van der Waals surface area contributed by atoms with Gasteiger partial charge in [-0.1, -0.05) is 18.2 Å². The molecule has 1 aliphatic rings. The van der Waals surface area contributed by atoms with E-state index in [0.717, 1.165) is 39.2 Å². The molecule has 1 fully saturated rings. The maximum Gasteiger partial charge on any atom is 0.0809 e. The van der Waals surface area contributed by atoms with Gasteiger partial charge < -0.3 is 14.8 Å². The number of ether oxygens (including phenoxy) is 2. The van der Waals surface area contributed by atoms with Gasteiger partial charge in [0.1, 0.15) is 0 Å². The van der Waals surface area contributed by atoms with E-state index in [1.54, 1.807) is 0 Å². The predicted molar refractivity (Wildman–Crippen MR) is 86.7 cm³/mol. The molecule has 1 aromatic rings. The van der Waals surface area contributed by atoms with Gasteiger partial charge in [0.25, 0.3) is 0 Å². The molecule has 0 radical (unpaired) electrons. The molecule has 1 N–H and O–H groups in total. The minimum Gasteiger partial charge on any atom is -0.379 e. The maximum absolute atomic E-state index is 5.67. The van der Waals surface area contributed by atoms with Gasteiger partial charge >= 0.3 is 0 Å². The lowest BCUT2D eigenvalue weighted by Crippen LogP contribution is -2.22. The number of nitrogens with one attached hydrogen (secondary N) is 1. The van der Waals surface area contributed by atoms with Crippen LogP contribution in [-0.4, -0.2) is 32.5 Å². The van der Waals surface area contributed by atoms with Crippen molar-refractivity contribution in [2.75, 3.05) is 26.4 Å². The molecule has 3 heteroatoms. The molecular formula is C18H29NO2. The van der Waals surface area contributed by atoms with E-state index in [4.69, 9.17) is 9.47 Å². The largest absolute Gasteiger partial charge is 0.379 e. The van der Waals surface area contributed by atoms with Gasteiger partial charge in [0, 0.05) is 19.3 Å². The highest BCUT2D eigenvalue weighted by atomic mass is 16.5. The predicted octanol–water partition coefficient (Wildman–Crippen LogP) is 3.54. The molecule has 1 aliphatic heterocycles. The van der Waals surface area contributed by atoms with Crippen LogP contribution in [0.4, 0.5) is 0 Å². The molecule has 3 nitrogen and oxygen atoms in total. The summed E-state index contributed by atoms with van der Waals surface area (Å²) in [5.41, 5.74) is 4.08. The summed E-state index contributed by atoms with van der Waals surface area (Å²) in [5.74, 6) is 0. The Morgan fingerprint density at radius 3 is 2.90 bits per heavy atom. The normalized spacial score (nSPS) is 19.9. The monoisotopic (exact) mass is 291 g/mol. The van der Waals surface area contributed by atoms with Crippen molar-refractivity contribution in [1.29, 1.82) is 0 Å². The summed E-state index contributed by atoms with van der Waals surface area (Å²) < 4.78 is 11.2. The van der Waals surface area contributed by atoms with E-state index >= 15 is 0 Å². The van der Waals surface area contributed by atoms with E-state index in [1.165, 1.54) is 23.1 Å². The second-order valence-corrected chi connectivity index (χ2v) is 6.08. The third kappa shape index (κ3) is 5.42. The Balaban J connectivity index is 1.58. The summed E-state index contributed by atoms with van der Waals surface area (Å²) in [7, 11) is 0. The zero-order chi connectivity index (χ0) is 15.1. The van der Waals surface area contributed by atoms with E-state index in [-0.39, 0.29) is 0 Å². The molecule has 2 rings (SSSR count). The van der Waals surface area contributed by atoms with Crippen LogP contribution < -0.4 is 5.32 Å². The molecule has 1 saturated heterocycles.